The topological polar surface area (TPSA) is 60.2 Å². The van der Waals surface area contributed by atoms with Gasteiger partial charge in [-0.2, -0.15) is 4.98 Å². The van der Waals surface area contributed by atoms with E-state index in [1.54, 1.807) is 6.92 Å². The second kappa shape index (κ2) is 6.45. The van der Waals surface area contributed by atoms with E-state index in [0.717, 1.165) is 11.3 Å². The minimum atomic E-state index is 0.00121. The van der Waals surface area contributed by atoms with Gasteiger partial charge in [0.05, 0.1) is 0 Å². The lowest BCUT2D eigenvalue weighted by molar-refractivity contribution is 0.281. The summed E-state index contributed by atoms with van der Waals surface area (Å²) < 4.78 is 10.7. The summed E-state index contributed by atoms with van der Waals surface area (Å²) in [5.41, 5.74) is 0.926. The third-order valence-corrected chi connectivity index (χ3v) is 3.15. The SMILES string of the molecule is Cc1nc(COc2cccc(Cl)c2CNC(C)(C)C)no1. The molecule has 21 heavy (non-hydrogen) atoms. The van der Waals surface area contributed by atoms with Crippen molar-refractivity contribution < 1.29 is 9.26 Å². The molecule has 0 amide bonds. The first-order valence-electron chi connectivity index (χ1n) is 6.79. The number of rotatable bonds is 5. The Morgan fingerprint density at radius 1 is 1.33 bits per heavy atom. The summed E-state index contributed by atoms with van der Waals surface area (Å²) in [6.07, 6.45) is 0. The van der Waals surface area contributed by atoms with Gasteiger partial charge in [-0.25, -0.2) is 0 Å². The maximum atomic E-state index is 6.27. The third kappa shape index (κ3) is 4.72. The van der Waals surface area contributed by atoms with Gasteiger partial charge in [-0.3, -0.25) is 0 Å². The molecule has 0 atom stereocenters. The second-order valence-corrected chi connectivity index (χ2v) is 6.25. The molecule has 0 aliphatic carbocycles. The number of nitrogens with one attached hydrogen (secondary N) is 1. The molecule has 0 radical (unpaired) electrons. The van der Waals surface area contributed by atoms with Crippen molar-refractivity contribution in [3.05, 3.63) is 40.5 Å². The average Bonchev–Trinajstić information content (AvgIpc) is 2.80. The van der Waals surface area contributed by atoms with Gasteiger partial charge < -0.3 is 14.6 Å². The molecular weight excluding hydrogens is 290 g/mol. The van der Waals surface area contributed by atoms with E-state index >= 15 is 0 Å². The van der Waals surface area contributed by atoms with E-state index in [4.69, 9.17) is 20.9 Å². The Hall–Kier alpha value is -1.59. The Kier molecular flexibility index (Phi) is 4.85. The van der Waals surface area contributed by atoms with Crippen molar-refractivity contribution in [2.24, 2.45) is 0 Å². The fraction of sp³-hybridized carbons (Fsp3) is 0.467. The molecular formula is C15H20ClN3O2. The normalized spacial score (nSPS) is 11.7. The molecule has 0 spiro atoms. The molecule has 6 heteroatoms. The standard InChI is InChI=1S/C15H20ClN3O2/c1-10-18-14(19-21-10)9-20-13-7-5-6-12(16)11(13)8-17-15(2,3)4/h5-7,17H,8-9H2,1-4H3. The van der Waals surface area contributed by atoms with Gasteiger partial charge in [0.1, 0.15) is 5.75 Å². The van der Waals surface area contributed by atoms with Gasteiger partial charge in [0, 0.05) is 29.6 Å². The smallest absolute Gasteiger partial charge is 0.223 e. The Labute approximate surface area is 129 Å². The molecule has 1 aromatic heterocycles. The fourth-order valence-electron chi connectivity index (χ4n) is 1.74. The number of benzene rings is 1. The Morgan fingerprint density at radius 2 is 2.10 bits per heavy atom. The second-order valence-electron chi connectivity index (χ2n) is 5.84. The predicted octanol–water partition coefficient (Wildman–Crippen LogP) is 3.50. The zero-order valence-electron chi connectivity index (χ0n) is 12.7. The van der Waals surface area contributed by atoms with Crippen molar-refractivity contribution in [1.29, 1.82) is 0 Å². The van der Waals surface area contributed by atoms with Crippen LogP contribution < -0.4 is 10.1 Å². The molecule has 0 fully saturated rings. The lowest BCUT2D eigenvalue weighted by atomic mass is 10.1. The van der Waals surface area contributed by atoms with E-state index in [1.807, 2.05) is 18.2 Å². The van der Waals surface area contributed by atoms with E-state index < -0.39 is 0 Å². The van der Waals surface area contributed by atoms with E-state index in [0.29, 0.717) is 23.3 Å². The number of nitrogens with zero attached hydrogens (tertiary/aromatic N) is 2. The first kappa shape index (κ1) is 15.8. The number of aromatic nitrogens is 2. The highest BCUT2D eigenvalue weighted by molar-refractivity contribution is 6.31. The third-order valence-electron chi connectivity index (χ3n) is 2.80. The average molecular weight is 310 g/mol. The minimum Gasteiger partial charge on any atom is -0.485 e. The molecule has 2 aromatic rings. The summed E-state index contributed by atoms with van der Waals surface area (Å²) >= 11 is 6.27. The molecule has 0 saturated carbocycles. The van der Waals surface area contributed by atoms with Gasteiger partial charge in [0.15, 0.2) is 6.61 Å². The summed E-state index contributed by atoms with van der Waals surface area (Å²) in [7, 11) is 0. The van der Waals surface area contributed by atoms with Crippen LogP contribution in [0.25, 0.3) is 0 Å². The highest BCUT2D eigenvalue weighted by Gasteiger charge is 2.14. The van der Waals surface area contributed by atoms with Crippen LogP contribution in [-0.2, 0) is 13.2 Å². The quantitative estimate of drug-likeness (QED) is 0.916. The lowest BCUT2D eigenvalue weighted by Crippen LogP contribution is -2.35. The van der Waals surface area contributed by atoms with Gasteiger partial charge >= 0.3 is 0 Å². The molecule has 0 unspecified atom stereocenters. The molecule has 0 aliphatic rings. The van der Waals surface area contributed by atoms with E-state index in [9.17, 15) is 0 Å². The fourth-order valence-corrected chi connectivity index (χ4v) is 1.97. The molecule has 1 aromatic carbocycles. The molecule has 5 nitrogen and oxygen atoms in total. The van der Waals surface area contributed by atoms with Crippen molar-refractivity contribution in [2.45, 2.75) is 46.4 Å². The minimum absolute atomic E-state index is 0.00121. The van der Waals surface area contributed by atoms with Gasteiger partial charge in [0.2, 0.25) is 11.7 Å². The van der Waals surface area contributed by atoms with Crippen LogP contribution >= 0.6 is 11.6 Å². The summed E-state index contributed by atoms with van der Waals surface area (Å²) in [5.74, 6) is 1.76. The first-order chi connectivity index (χ1) is 9.85. The molecule has 1 N–H and O–H groups in total. The predicted molar refractivity (Wildman–Crippen MR) is 81.4 cm³/mol. The molecule has 0 bridgehead atoms. The number of aryl methyl sites for hydroxylation is 1. The maximum Gasteiger partial charge on any atom is 0.223 e. The van der Waals surface area contributed by atoms with Gasteiger partial charge in [-0.15, -0.1) is 0 Å². The zero-order valence-corrected chi connectivity index (χ0v) is 13.5. The van der Waals surface area contributed by atoms with Crippen molar-refractivity contribution in [2.75, 3.05) is 0 Å². The van der Waals surface area contributed by atoms with Crippen molar-refractivity contribution >= 4 is 11.6 Å². The van der Waals surface area contributed by atoms with Crippen LogP contribution in [0.15, 0.2) is 22.7 Å². The Balaban J connectivity index is 2.09. The molecule has 0 saturated heterocycles. The number of halogens is 1. The summed E-state index contributed by atoms with van der Waals surface area (Å²) in [6.45, 7) is 8.93. The van der Waals surface area contributed by atoms with Crippen molar-refractivity contribution in [3.8, 4) is 5.75 Å². The Morgan fingerprint density at radius 3 is 2.71 bits per heavy atom. The van der Waals surface area contributed by atoms with E-state index in [2.05, 4.69) is 36.2 Å². The lowest BCUT2D eigenvalue weighted by Gasteiger charge is -2.22. The van der Waals surface area contributed by atoms with Gasteiger partial charge in [-0.05, 0) is 32.9 Å². The van der Waals surface area contributed by atoms with Crippen LogP contribution in [-0.4, -0.2) is 15.7 Å². The molecule has 1 heterocycles. The van der Waals surface area contributed by atoms with Crippen LogP contribution in [0.2, 0.25) is 5.02 Å². The highest BCUT2D eigenvalue weighted by Crippen LogP contribution is 2.27. The van der Waals surface area contributed by atoms with Crippen LogP contribution in [0, 0.1) is 6.92 Å². The van der Waals surface area contributed by atoms with Crippen LogP contribution in [0.3, 0.4) is 0 Å². The zero-order chi connectivity index (χ0) is 15.5. The highest BCUT2D eigenvalue weighted by atomic mass is 35.5. The van der Waals surface area contributed by atoms with Gasteiger partial charge in [-0.1, -0.05) is 22.8 Å². The largest absolute Gasteiger partial charge is 0.485 e. The monoisotopic (exact) mass is 309 g/mol. The summed E-state index contributed by atoms with van der Waals surface area (Å²) in [5, 5.41) is 7.89. The van der Waals surface area contributed by atoms with Crippen LogP contribution in [0.5, 0.6) is 5.75 Å². The summed E-state index contributed by atoms with van der Waals surface area (Å²) in [6, 6.07) is 5.60. The summed E-state index contributed by atoms with van der Waals surface area (Å²) in [4.78, 5) is 4.11. The molecule has 114 valence electrons. The van der Waals surface area contributed by atoms with Crippen LogP contribution in [0.1, 0.15) is 38.0 Å². The van der Waals surface area contributed by atoms with E-state index in [1.165, 1.54) is 0 Å². The first-order valence-corrected chi connectivity index (χ1v) is 7.17. The maximum absolute atomic E-state index is 6.27. The molecule has 2 rings (SSSR count). The molecule has 0 aliphatic heterocycles. The number of hydrogen-bond donors (Lipinski definition) is 1. The number of ether oxygens (including phenoxy) is 1. The van der Waals surface area contributed by atoms with Gasteiger partial charge in [0.25, 0.3) is 0 Å². The van der Waals surface area contributed by atoms with Crippen LogP contribution in [0.4, 0.5) is 0 Å². The Bertz CT molecular complexity index is 605. The van der Waals surface area contributed by atoms with Crippen molar-refractivity contribution in [1.82, 2.24) is 15.5 Å². The van der Waals surface area contributed by atoms with Crippen molar-refractivity contribution in [3.63, 3.8) is 0 Å². The van der Waals surface area contributed by atoms with E-state index in [-0.39, 0.29) is 12.1 Å². The number of hydrogen-bond acceptors (Lipinski definition) is 5.